The Morgan fingerprint density at radius 1 is 0.391 bits per heavy atom. The maximum Gasteiger partial charge on any atom is 0.182 e. The monoisotopic (exact) mass is 905 g/mol. The van der Waals surface area contributed by atoms with Crippen LogP contribution in [0.3, 0.4) is 0 Å². The first kappa shape index (κ1) is 40.8. The second kappa shape index (κ2) is 13.5. The highest BCUT2D eigenvalue weighted by atomic mass is 28.3. The fourth-order valence-electron chi connectivity index (χ4n) is 13.6. The van der Waals surface area contributed by atoms with Crippen LogP contribution in [0.2, 0.25) is 0 Å². The lowest BCUT2D eigenvalue weighted by Gasteiger charge is -2.53. The lowest BCUT2D eigenvalue weighted by atomic mass is 9.52. The van der Waals surface area contributed by atoms with Gasteiger partial charge >= 0.3 is 0 Å². The van der Waals surface area contributed by atoms with Gasteiger partial charge in [0, 0.05) is 21.9 Å². The lowest BCUT2D eigenvalue weighted by molar-refractivity contribution is 0.538. The fraction of sp³-hybridized carbons (Fsp3) is 0.182. The molecule has 0 N–H and O–H groups in total. The van der Waals surface area contributed by atoms with Crippen LogP contribution in [-0.4, -0.2) is 8.07 Å². The van der Waals surface area contributed by atoms with Crippen molar-refractivity contribution in [1.82, 2.24) is 0 Å². The third-order valence-electron chi connectivity index (χ3n) is 16.9. The van der Waals surface area contributed by atoms with E-state index in [1.54, 1.807) is 0 Å². The number of rotatable bonds is 1. The normalized spacial score (nSPS) is 16.1. The summed E-state index contributed by atoms with van der Waals surface area (Å²) in [6, 6.07) is 73.1. The summed E-state index contributed by atoms with van der Waals surface area (Å²) in [7, 11) is -2.74. The average molecular weight is 906 g/mol. The maximum absolute atomic E-state index is 6.97. The molecule has 1 aromatic heterocycles. The highest BCUT2D eigenvalue weighted by Gasteiger charge is 2.56. The first-order valence-corrected chi connectivity index (χ1v) is 26.8. The number of hydrogen-bond donors (Lipinski definition) is 0. The van der Waals surface area contributed by atoms with Gasteiger partial charge in [0.25, 0.3) is 0 Å². The van der Waals surface area contributed by atoms with Crippen LogP contribution in [0.4, 0.5) is 17.1 Å². The summed E-state index contributed by atoms with van der Waals surface area (Å²) in [4.78, 5) is 2.62. The smallest absolute Gasteiger partial charge is 0.182 e. The zero-order valence-electron chi connectivity index (χ0n) is 40.8. The summed E-state index contributed by atoms with van der Waals surface area (Å²) in [5, 5.41) is 8.19. The van der Waals surface area contributed by atoms with E-state index in [2.05, 4.69) is 248 Å². The SMILES string of the molecule is CC(C)(C)c1ccc2c(c1)C1(c3ccccc3N(c3ccc4c(c3)[Si]3(c5ccccc5-c5ccccc53)c3ccccc3-4)c3cc4c(cc31)oc1ccccc14)c1cc(C(C)(C)C)ccc1C2(C)C. The number of furan rings is 1. The van der Waals surface area contributed by atoms with Gasteiger partial charge in [-0.3, -0.25) is 0 Å². The largest absolute Gasteiger partial charge is 0.456 e. The van der Waals surface area contributed by atoms with E-state index in [-0.39, 0.29) is 16.2 Å². The van der Waals surface area contributed by atoms with Gasteiger partial charge in [-0.2, -0.15) is 0 Å². The molecular weight excluding hydrogens is 851 g/mol. The molecule has 0 saturated carbocycles. The average Bonchev–Trinajstić information content (AvgIpc) is 3.97. The predicted molar refractivity (Wildman–Crippen MR) is 291 cm³/mol. The van der Waals surface area contributed by atoms with Crippen LogP contribution < -0.4 is 25.6 Å². The zero-order chi connectivity index (χ0) is 47.0. The Hall–Kier alpha value is -7.20. The minimum atomic E-state index is -2.74. The molecule has 3 aliphatic heterocycles. The molecule has 10 aromatic rings. The van der Waals surface area contributed by atoms with Gasteiger partial charge in [0.15, 0.2) is 8.07 Å². The summed E-state index contributed by atoms with van der Waals surface area (Å²) in [5.74, 6) is 0. The van der Waals surface area contributed by atoms with Gasteiger partial charge in [-0.15, -0.1) is 0 Å². The van der Waals surface area contributed by atoms with E-state index in [4.69, 9.17) is 4.42 Å². The molecule has 0 radical (unpaired) electrons. The number of anilines is 3. The number of fused-ring (bicyclic) bond motifs is 21. The first-order chi connectivity index (χ1) is 33.2. The molecule has 1 aliphatic carbocycles. The second-order valence-electron chi connectivity index (χ2n) is 22.8. The van der Waals surface area contributed by atoms with E-state index >= 15 is 0 Å². The van der Waals surface area contributed by atoms with Crippen LogP contribution in [0.1, 0.15) is 99.9 Å². The van der Waals surface area contributed by atoms with Crippen LogP contribution in [0.25, 0.3) is 44.2 Å². The predicted octanol–water partition coefficient (Wildman–Crippen LogP) is 14.3. The molecule has 0 atom stereocenters. The summed E-state index contributed by atoms with van der Waals surface area (Å²) in [6.07, 6.45) is 0. The summed E-state index contributed by atoms with van der Waals surface area (Å²) in [6.45, 7) is 19.0. The quantitative estimate of drug-likeness (QED) is 0.153. The molecule has 2 spiro atoms. The molecule has 14 rings (SSSR count). The van der Waals surface area contributed by atoms with Crippen molar-refractivity contribution in [2.45, 2.75) is 77.0 Å². The van der Waals surface area contributed by atoms with Crippen LogP contribution in [-0.2, 0) is 21.7 Å². The molecule has 4 heterocycles. The number of nitrogens with zero attached hydrogens (tertiary/aromatic N) is 1. The molecule has 0 saturated heterocycles. The van der Waals surface area contributed by atoms with Crippen molar-refractivity contribution in [3.63, 3.8) is 0 Å². The minimum Gasteiger partial charge on any atom is -0.456 e. The molecule has 9 aromatic carbocycles. The van der Waals surface area contributed by atoms with E-state index in [0.717, 1.165) is 21.9 Å². The standard InChI is InChI=1S/C66H55NOSi/c1-63(2,3)40-29-33-49-52(35-40)66(53-36-41(64(4,5)6)30-34-50(53)65(49,7)8)51-23-13-14-24-55(51)67(56-38-48-43-19-9-15-25-57(43)68-58(48)39-54(56)66)42-31-32-47-46-22-12-18-28-61(46)69(62(47)37-42)59-26-16-10-20-44(59)45-21-11-17-27-60(45)69/h9-39H,1-8H3. The van der Waals surface area contributed by atoms with Crippen LogP contribution >= 0.6 is 0 Å². The molecule has 0 unspecified atom stereocenters. The van der Waals surface area contributed by atoms with Crippen molar-refractivity contribution in [3.8, 4) is 22.3 Å². The third kappa shape index (κ3) is 5.11. The van der Waals surface area contributed by atoms with Gasteiger partial charge in [0.05, 0.1) is 16.8 Å². The van der Waals surface area contributed by atoms with Crippen molar-refractivity contribution in [3.05, 3.63) is 233 Å². The number of para-hydroxylation sites is 2. The first-order valence-electron chi connectivity index (χ1n) is 24.8. The minimum absolute atomic E-state index is 0.0705. The van der Waals surface area contributed by atoms with Gasteiger partial charge in [-0.25, -0.2) is 0 Å². The van der Waals surface area contributed by atoms with Crippen molar-refractivity contribution in [2.75, 3.05) is 4.90 Å². The Kier molecular flexibility index (Phi) is 8.00. The highest BCUT2D eigenvalue weighted by Crippen LogP contribution is 2.64. The Morgan fingerprint density at radius 2 is 0.913 bits per heavy atom. The summed E-state index contributed by atoms with van der Waals surface area (Å²) >= 11 is 0. The zero-order valence-corrected chi connectivity index (χ0v) is 41.8. The van der Waals surface area contributed by atoms with Gasteiger partial charge < -0.3 is 9.32 Å². The van der Waals surface area contributed by atoms with Crippen molar-refractivity contribution < 1.29 is 4.42 Å². The second-order valence-corrected chi connectivity index (χ2v) is 26.5. The molecule has 334 valence electrons. The highest BCUT2D eigenvalue weighted by molar-refractivity contribution is 7.24. The van der Waals surface area contributed by atoms with E-state index in [0.29, 0.717) is 0 Å². The Labute approximate surface area is 406 Å². The summed E-state index contributed by atoms with van der Waals surface area (Å²) in [5.41, 5.74) is 20.4. The molecular formula is C66H55NOSi. The Balaban J connectivity index is 1.14. The lowest BCUT2D eigenvalue weighted by Crippen LogP contribution is -2.70. The topological polar surface area (TPSA) is 16.4 Å². The molecule has 0 amide bonds. The van der Waals surface area contributed by atoms with Crippen molar-refractivity contribution >= 4 is 67.8 Å². The molecule has 3 heteroatoms. The van der Waals surface area contributed by atoms with Gasteiger partial charge in [-0.1, -0.05) is 207 Å². The van der Waals surface area contributed by atoms with Crippen molar-refractivity contribution in [1.29, 1.82) is 0 Å². The molecule has 69 heavy (non-hydrogen) atoms. The van der Waals surface area contributed by atoms with Gasteiger partial charge in [-0.05, 0) is 135 Å². The molecule has 0 bridgehead atoms. The van der Waals surface area contributed by atoms with Gasteiger partial charge in [0.1, 0.15) is 11.2 Å². The van der Waals surface area contributed by atoms with Crippen LogP contribution in [0, 0.1) is 0 Å². The Bertz CT molecular complexity index is 3740. The summed E-state index contributed by atoms with van der Waals surface area (Å²) < 4.78 is 6.97. The van der Waals surface area contributed by atoms with Crippen LogP contribution in [0.5, 0.6) is 0 Å². The van der Waals surface area contributed by atoms with E-state index < -0.39 is 13.5 Å². The maximum atomic E-state index is 6.97. The fourth-order valence-corrected chi connectivity index (χ4v) is 19.2. The van der Waals surface area contributed by atoms with E-state index in [1.807, 2.05) is 0 Å². The van der Waals surface area contributed by atoms with Crippen molar-refractivity contribution in [2.24, 2.45) is 0 Å². The van der Waals surface area contributed by atoms with E-state index in [1.165, 1.54) is 105 Å². The third-order valence-corrected chi connectivity index (χ3v) is 21.8. The van der Waals surface area contributed by atoms with E-state index in [9.17, 15) is 0 Å². The molecule has 4 aliphatic rings. The number of hydrogen-bond acceptors (Lipinski definition) is 2. The molecule has 2 nitrogen and oxygen atoms in total. The Morgan fingerprint density at radius 3 is 1.51 bits per heavy atom. The van der Waals surface area contributed by atoms with Crippen LogP contribution in [0.15, 0.2) is 192 Å². The number of benzene rings is 9. The van der Waals surface area contributed by atoms with Gasteiger partial charge in [0.2, 0.25) is 0 Å². The molecule has 0 fully saturated rings.